The fraction of sp³-hybridized carbons (Fsp3) is 0.400. The molecule has 1 fully saturated rings. The van der Waals surface area contributed by atoms with Gasteiger partial charge in [-0.1, -0.05) is 24.3 Å². The van der Waals surface area contributed by atoms with Crippen molar-refractivity contribution in [2.75, 3.05) is 13.2 Å². The van der Waals surface area contributed by atoms with Crippen LogP contribution in [0.15, 0.2) is 48.5 Å². The number of rotatable bonds is 6. The summed E-state index contributed by atoms with van der Waals surface area (Å²) in [5, 5.41) is 29.1. The van der Waals surface area contributed by atoms with Gasteiger partial charge in [0.2, 0.25) is 6.29 Å². The summed E-state index contributed by atoms with van der Waals surface area (Å²) >= 11 is 0. The van der Waals surface area contributed by atoms with Crippen LogP contribution in [0.4, 0.5) is 0 Å². The van der Waals surface area contributed by atoms with Crippen LogP contribution in [0.25, 0.3) is 0 Å². The van der Waals surface area contributed by atoms with Crippen LogP contribution in [-0.2, 0) is 11.2 Å². The Morgan fingerprint density at radius 2 is 1.46 bits per heavy atom. The molecule has 0 amide bonds. The largest absolute Gasteiger partial charge is 0.494 e. The maximum atomic E-state index is 9.91. The molecule has 1 saturated heterocycles. The first-order valence-corrected chi connectivity index (χ1v) is 8.70. The molecule has 6 nitrogen and oxygen atoms in total. The number of benzene rings is 2. The maximum absolute atomic E-state index is 9.91. The van der Waals surface area contributed by atoms with E-state index >= 15 is 0 Å². The zero-order valence-corrected chi connectivity index (χ0v) is 14.6. The van der Waals surface area contributed by atoms with E-state index in [1.165, 1.54) is 5.56 Å². The van der Waals surface area contributed by atoms with Gasteiger partial charge < -0.3 is 29.5 Å². The van der Waals surface area contributed by atoms with E-state index in [9.17, 15) is 15.3 Å². The monoisotopic (exact) mass is 360 g/mol. The van der Waals surface area contributed by atoms with E-state index in [0.717, 1.165) is 17.7 Å². The van der Waals surface area contributed by atoms with E-state index in [0.29, 0.717) is 12.4 Å². The maximum Gasteiger partial charge on any atom is 0.228 e. The first-order chi connectivity index (χ1) is 12.6. The molecule has 26 heavy (non-hydrogen) atoms. The molecule has 3 rings (SSSR count). The zero-order valence-electron chi connectivity index (χ0n) is 14.6. The highest BCUT2D eigenvalue weighted by molar-refractivity contribution is 5.34. The van der Waals surface area contributed by atoms with Gasteiger partial charge in [-0.15, -0.1) is 0 Å². The summed E-state index contributed by atoms with van der Waals surface area (Å²) in [4.78, 5) is 0. The Hall–Kier alpha value is -2.12. The molecule has 2 aromatic carbocycles. The Kier molecular flexibility index (Phi) is 6.11. The second kappa shape index (κ2) is 8.51. The van der Waals surface area contributed by atoms with Crippen molar-refractivity contribution in [3.8, 4) is 11.5 Å². The van der Waals surface area contributed by atoms with E-state index in [4.69, 9.17) is 14.2 Å². The topological polar surface area (TPSA) is 88.4 Å². The fourth-order valence-electron chi connectivity index (χ4n) is 2.81. The summed E-state index contributed by atoms with van der Waals surface area (Å²) in [5.74, 6) is 1.38. The number of ether oxygens (including phenoxy) is 3. The van der Waals surface area contributed by atoms with Crippen LogP contribution < -0.4 is 9.47 Å². The highest BCUT2D eigenvalue weighted by atomic mass is 16.7. The summed E-state index contributed by atoms with van der Waals surface area (Å²) in [6.45, 7) is 2.52. The summed E-state index contributed by atoms with van der Waals surface area (Å²) in [5.41, 5.74) is 2.28. The molecule has 0 spiro atoms. The van der Waals surface area contributed by atoms with Crippen LogP contribution in [-0.4, -0.2) is 53.1 Å². The van der Waals surface area contributed by atoms with Gasteiger partial charge in [-0.25, -0.2) is 0 Å². The second-order valence-electron chi connectivity index (χ2n) is 6.27. The van der Waals surface area contributed by atoms with E-state index in [1.54, 1.807) is 12.1 Å². The van der Waals surface area contributed by atoms with Crippen LogP contribution in [0.2, 0.25) is 0 Å². The second-order valence-corrected chi connectivity index (χ2v) is 6.27. The highest BCUT2D eigenvalue weighted by Gasteiger charge is 2.38. The lowest BCUT2D eigenvalue weighted by atomic mass is 10.0. The number of hydrogen-bond acceptors (Lipinski definition) is 6. The summed E-state index contributed by atoms with van der Waals surface area (Å²) in [6.07, 6.45) is -3.93. The molecule has 0 radical (unpaired) electrons. The van der Waals surface area contributed by atoms with Crippen LogP contribution in [0.5, 0.6) is 11.5 Å². The average molecular weight is 360 g/mol. The Morgan fingerprint density at radius 3 is 2.04 bits per heavy atom. The Morgan fingerprint density at radius 1 is 0.885 bits per heavy atom. The van der Waals surface area contributed by atoms with Gasteiger partial charge in [-0.3, -0.25) is 0 Å². The molecule has 0 unspecified atom stereocenters. The Labute approximate surface area is 152 Å². The minimum Gasteiger partial charge on any atom is -0.494 e. The van der Waals surface area contributed by atoms with Crippen molar-refractivity contribution in [3.05, 3.63) is 59.7 Å². The molecule has 1 aliphatic heterocycles. The van der Waals surface area contributed by atoms with Crippen LogP contribution in [0.1, 0.15) is 18.1 Å². The average Bonchev–Trinajstić information content (AvgIpc) is 2.65. The summed E-state index contributed by atoms with van der Waals surface area (Å²) < 4.78 is 16.3. The van der Waals surface area contributed by atoms with Gasteiger partial charge in [0.05, 0.1) is 13.2 Å². The van der Waals surface area contributed by atoms with Crippen molar-refractivity contribution < 1.29 is 29.5 Å². The number of aliphatic hydroxyl groups is 3. The molecule has 3 N–H and O–H groups in total. The molecule has 6 heteroatoms. The molecule has 2 aromatic rings. The lowest BCUT2D eigenvalue weighted by molar-refractivity contribution is -0.242. The molecule has 4 atom stereocenters. The van der Waals surface area contributed by atoms with Gasteiger partial charge in [-0.2, -0.15) is 0 Å². The van der Waals surface area contributed by atoms with Gasteiger partial charge >= 0.3 is 0 Å². The molecular formula is C20H24O6. The minimum absolute atomic E-state index is 0.0846. The zero-order chi connectivity index (χ0) is 18.5. The third kappa shape index (κ3) is 4.53. The quantitative estimate of drug-likeness (QED) is 0.723. The van der Waals surface area contributed by atoms with Crippen molar-refractivity contribution >= 4 is 0 Å². The molecule has 1 heterocycles. The molecule has 140 valence electrons. The van der Waals surface area contributed by atoms with Crippen molar-refractivity contribution in [3.63, 3.8) is 0 Å². The Balaban J connectivity index is 1.58. The van der Waals surface area contributed by atoms with Crippen molar-refractivity contribution in [2.24, 2.45) is 0 Å². The lowest BCUT2D eigenvalue weighted by Gasteiger charge is -2.34. The Bertz CT molecular complexity index is 684. The minimum atomic E-state index is -1.30. The van der Waals surface area contributed by atoms with E-state index in [2.05, 4.69) is 0 Å². The normalized spacial score (nSPS) is 25.7. The molecular weight excluding hydrogens is 336 g/mol. The van der Waals surface area contributed by atoms with Crippen molar-refractivity contribution in [2.45, 2.75) is 37.9 Å². The van der Waals surface area contributed by atoms with E-state index < -0.39 is 24.6 Å². The molecule has 0 aliphatic carbocycles. The molecule has 0 aromatic heterocycles. The smallest absolute Gasteiger partial charge is 0.228 e. The summed E-state index contributed by atoms with van der Waals surface area (Å²) in [6, 6.07) is 15.4. The van der Waals surface area contributed by atoms with Gasteiger partial charge in [0.1, 0.15) is 29.8 Å². The molecule has 1 aliphatic rings. The van der Waals surface area contributed by atoms with Crippen LogP contribution >= 0.6 is 0 Å². The van der Waals surface area contributed by atoms with E-state index in [1.807, 2.05) is 43.3 Å². The third-order valence-electron chi connectivity index (χ3n) is 4.27. The highest BCUT2D eigenvalue weighted by Crippen LogP contribution is 2.22. The van der Waals surface area contributed by atoms with Gasteiger partial charge in [0, 0.05) is 0 Å². The van der Waals surface area contributed by atoms with Crippen LogP contribution in [0, 0.1) is 0 Å². The first kappa shape index (κ1) is 18.7. The SMILES string of the molecule is CCOc1ccc(Cc2ccc(O[C@H]3OC[C@H](O)[C@H](O)[C@H]3O)cc2)cc1. The standard InChI is InChI=1S/C20H24O6/c1-2-24-15-7-3-13(4-8-15)11-14-5-9-16(10-6-14)26-20-19(23)18(22)17(21)12-25-20/h3-10,17-23H,2,11-12H2,1H3/t17-,18-,19+,20+/m0/s1. The number of aliphatic hydroxyl groups excluding tert-OH is 3. The van der Waals surface area contributed by atoms with Crippen molar-refractivity contribution in [1.82, 2.24) is 0 Å². The van der Waals surface area contributed by atoms with Crippen LogP contribution in [0.3, 0.4) is 0 Å². The predicted octanol–water partition coefficient (Wildman–Crippen LogP) is 1.49. The lowest BCUT2D eigenvalue weighted by Crippen LogP contribution is -2.54. The van der Waals surface area contributed by atoms with Gasteiger partial charge in [-0.05, 0) is 48.7 Å². The van der Waals surface area contributed by atoms with Gasteiger partial charge in [0.25, 0.3) is 0 Å². The predicted molar refractivity (Wildman–Crippen MR) is 95.2 cm³/mol. The van der Waals surface area contributed by atoms with Crippen molar-refractivity contribution in [1.29, 1.82) is 0 Å². The molecule has 0 bridgehead atoms. The first-order valence-electron chi connectivity index (χ1n) is 8.70. The van der Waals surface area contributed by atoms with E-state index in [-0.39, 0.29) is 6.61 Å². The third-order valence-corrected chi connectivity index (χ3v) is 4.27. The fourth-order valence-corrected chi connectivity index (χ4v) is 2.81. The number of hydrogen-bond donors (Lipinski definition) is 3. The van der Waals surface area contributed by atoms with Gasteiger partial charge in [0.15, 0.2) is 0 Å². The summed E-state index contributed by atoms with van der Waals surface area (Å²) in [7, 11) is 0. The molecule has 0 saturated carbocycles.